The highest BCUT2D eigenvalue weighted by Gasteiger charge is 2.24. The molecule has 1 amide bonds. The Bertz CT molecular complexity index is 587. The monoisotopic (exact) mass is 305 g/mol. The van der Waals surface area contributed by atoms with Gasteiger partial charge in [0.15, 0.2) is 11.5 Å². The van der Waals surface area contributed by atoms with Crippen LogP contribution in [0.15, 0.2) is 24.3 Å². The lowest BCUT2D eigenvalue weighted by Gasteiger charge is -2.29. The maximum Gasteiger partial charge on any atom is 0.410 e. The summed E-state index contributed by atoms with van der Waals surface area (Å²) in [7, 11) is 1.53. The van der Waals surface area contributed by atoms with Crippen LogP contribution < -0.4 is 4.74 Å². The van der Waals surface area contributed by atoms with Gasteiger partial charge in [-0.2, -0.15) is 0 Å². The predicted octanol–water partition coefficient (Wildman–Crippen LogP) is 3.43. The Morgan fingerprint density at radius 3 is 2.59 bits per heavy atom. The minimum atomic E-state index is -0.481. The number of carbonyl (C=O) groups is 1. The standard InChI is InChI=1S/C17H23NO4/c1-17(2,3)22-16(20)18-9-7-12(8-10-18)13-5-6-14(19)15(11-13)21-4/h5-7,11,19H,8-10H2,1-4H3. The molecule has 120 valence electrons. The summed E-state index contributed by atoms with van der Waals surface area (Å²) in [6.07, 6.45) is 2.47. The van der Waals surface area contributed by atoms with Crippen molar-refractivity contribution in [2.45, 2.75) is 32.8 Å². The molecular formula is C17H23NO4. The molecule has 0 fully saturated rings. The number of nitrogens with zero attached hydrogens (tertiary/aromatic N) is 1. The fraction of sp³-hybridized carbons (Fsp3) is 0.471. The van der Waals surface area contributed by atoms with Crippen molar-refractivity contribution in [3.05, 3.63) is 29.8 Å². The lowest BCUT2D eigenvalue weighted by Crippen LogP contribution is -2.39. The van der Waals surface area contributed by atoms with Crippen molar-refractivity contribution in [3.8, 4) is 11.5 Å². The van der Waals surface area contributed by atoms with Crippen molar-refractivity contribution in [1.29, 1.82) is 0 Å². The molecule has 0 spiro atoms. The molecule has 0 saturated carbocycles. The second kappa shape index (κ2) is 6.30. The number of phenolic OH excluding ortho intramolecular Hbond substituents is 1. The van der Waals surface area contributed by atoms with Crippen LogP contribution in [0.4, 0.5) is 4.79 Å². The first kappa shape index (κ1) is 16.2. The van der Waals surface area contributed by atoms with Crippen LogP contribution in [-0.2, 0) is 4.74 Å². The smallest absolute Gasteiger partial charge is 0.410 e. The molecule has 2 rings (SSSR count). The largest absolute Gasteiger partial charge is 0.504 e. The van der Waals surface area contributed by atoms with E-state index in [4.69, 9.17) is 9.47 Å². The zero-order valence-electron chi connectivity index (χ0n) is 13.5. The molecule has 1 heterocycles. The summed E-state index contributed by atoms with van der Waals surface area (Å²) in [6.45, 7) is 6.72. The number of methoxy groups -OCH3 is 1. The van der Waals surface area contributed by atoms with Gasteiger partial charge in [0.05, 0.1) is 7.11 Å². The molecule has 0 radical (unpaired) electrons. The molecule has 1 aliphatic heterocycles. The fourth-order valence-electron chi connectivity index (χ4n) is 2.30. The first-order valence-electron chi connectivity index (χ1n) is 7.34. The summed E-state index contributed by atoms with van der Waals surface area (Å²) in [6, 6.07) is 5.28. The van der Waals surface area contributed by atoms with Crippen molar-refractivity contribution < 1.29 is 19.4 Å². The zero-order valence-corrected chi connectivity index (χ0v) is 13.5. The number of hydrogen-bond donors (Lipinski definition) is 1. The molecule has 0 unspecified atom stereocenters. The molecule has 5 heteroatoms. The van der Waals surface area contributed by atoms with Crippen LogP contribution in [0, 0.1) is 0 Å². The first-order chi connectivity index (χ1) is 10.3. The van der Waals surface area contributed by atoms with Gasteiger partial charge in [-0.15, -0.1) is 0 Å². The molecule has 0 aliphatic carbocycles. The Morgan fingerprint density at radius 1 is 1.32 bits per heavy atom. The van der Waals surface area contributed by atoms with Gasteiger partial charge in [0, 0.05) is 13.1 Å². The van der Waals surface area contributed by atoms with Crippen LogP contribution in [0.1, 0.15) is 32.8 Å². The van der Waals surface area contributed by atoms with E-state index < -0.39 is 5.60 Å². The summed E-state index contributed by atoms with van der Waals surface area (Å²) < 4.78 is 10.5. The van der Waals surface area contributed by atoms with Gasteiger partial charge in [-0.3, -0.25) is 0 Å². The summed E-state index contributed by atoms with van der Waals surface area (Å²) in [5.74, 6) is 0.575. The minimum absolute atomic E-state index is 0.123. The number of benzene rings is 1. The molecule has 1 aromatic carbocycles. The van der Waals surface area contributed by atoms with Crippen LogP contribution >= 0.6 is 0 Å². The first-order valence-corrected chi connectivity index (χ1v) is 7.34. The van der Waals surface area contributed by atoms with Crippen molar-refractivity contribution in [3.63, 3.8) is 0 Å². The van der Waals surface area contributed by atoms with E-state index >= 15 is 0 Å². The van der Waals surface area contributed by atoms with Crippen LogP contribution in [0.2, 0.25) is 0 Å². The molecule has 0 saturated heterocycles. The Balaban J connectivity index is 2.07. The molecule has 1 N–H and O–H groups in total. The number of phenols is 1. The summed E-state index contributed by atoms with van der Waals surface area (Å²) >= 11 is 0. The van der Waals surface area contributed by atoms with Gasteiger partial charge < -0.3 is 19.5 Å². The van der Waals surface area contributed by atoms with Crippen LogP contribution in [-0.4, -0.2) is 41.9 Å². The van der Waals surface area contributed by atoms with E-state index in [0.717, 1.165) is 17.6 Å². The highest BCUT2D eigenvalue weighted by molar-refractivity contribution is 5.73. The average Bonchev–Trinajstić information content (AvgIpc) is 2.46. The van der Waals surface area contributed by atoms with E-state index in [2.05, 4.69) is 0 Å². The summed E-state index contributed by atoms with van der Waals surface area (Å²) in [5.41, 5.74) is 1.65. The van der Waals surface area contributed by atoms with Gasteiger partial charge in [-0.1, -0.05) is 12.1 Å². The highest BCUT2D eigenvalue weighted by Crippen LogP contribution is 2.31. The van der Waals surface area contributed by atoms with Crippen molar-refractivity contribution in [2.75, 3.05) is 20.2 Å². The molecule has 0 aromatic heterocycles. The summed E-state index contributed by atoms with van der Waals surface area (Å²) in [4.78, 5) is 13.7. The van der Waals surface area contributed by atoms with Crippen LogP contribution in [0.5, 0.6) is 11.5 Å². The van der Waals surface area contributed by atoms with Gasteiger partial charge in [-0.05, 0) is 50.5 Å². The molecular weight excluding hydrogens is 282 g/mol. The lowest BCUT2D eigenvalue weighted by atomic mass is 9.99. The lowest BCUT2D eigenvalue weighted by molar-refractivity contribution is 0.0270. The third kappa shape index (κ3) is 3.93. The number of amides is 1. The average molecular weight is 305 g/mol. The maximum atomic E-state index is 12.0. The maximum absolute atomic E-state index is 12.0. The number of hydrogen-bond acceptors (Lipinski definition) is 4. The van der Waals surface area contributed by atoms with E-state index in [0.29, 0.717) is 18.8 Å². The fourth-order valence-corrected chi connectivity index (χ4v) is 2.30. The third-order valence-electron chi connectivity index (χ3n) is 3.41. The van der Waals surface area contributed by atoms with E-state index in [1.165, 1.54) is 7.11 Å². The molecule has 5 nitrogen and oxygen atoms in total. The Hall–Kier alpha value is -2.17. The molecule has 22 heavy (non-hydrogen) atoms. The highest BCUT2D eigenvalue weighted by atomic mass is 16.6. The van der Waals surface area contributed by atoms with Gasteiger partial charge in [-0.25, -0.2) is 4.79 Å². The van der Waals surface area contributed by atoms with Gasteiger partial charge in [0.2, 0.25) is 0 Å². The van der Waals surface area contributed by atoms with E-state index in [-0.39, 0.29) is 11.8 Å². The SMILES string of the molecule is COc1cc(C2=CCN(C(=O)OC(C)(C)C)CC2)ccc1O. The van der Waals surface area contributed by atoms with E-state index in [9.17, 15) is 9.90 Å². The van der Waals surface area contributed by atoms with Crippen LogP contribution in [0.25, 0.3) is 5.57 Å². The van der Waals surface area contributed by atoms with E-state index in [1.807, 2.05) is 39.0 Å². The third-order valence-corrected chi connectivity index (χ3v) is 3.41. The quantitative estimate of drug-likeness (QED) is 0.909. The second-order valence-corrected chi connectivity index (χ2v) is 6.29. The number of carbonyl (C=O) groups excluding carboxylic acids is 1. The Morgan fingerprint density at radius 2 is 2.05 bits per heavy atom. The van der Waals surface area contributed by atoms with Gasteiger partial charge in [0.1, 0.15) is 5.60 Å². The van der Waals surface area contributed by atoms with Gasteiger partial charge in [0.25, 0.3) is 0 Å². The number of ether oxygens (including phenoxy) is 2. The zero-order chi connectivity index (χ0) is 16.3. The minimum Gasteiger partial charge on any atom is -0.504 e. The predicted molar refractivity (Wildman–Crippen MR) is 85.1 cm³/mol. The Kier molecular flexibility index (Phi) is 4.64. The normalized spacial score (nSPS) is 15.3. The molecule has 1 aromatic rings. The van der Waals surface area contributed by atoms with Gasteiger partial charge >= 0.3 is 6.09 Å². The number of rotatable bonds is 2. The summed E-state index contributed by atoms with van der Waals surface area (Å²) in [5, 5.41) is 9.64. The number of aromatic hydroxyl groups is 1. The van der Waals surface area contributed by atoms with E-state index in [1.54, 1.807) is 11.0 Å². The Labute approximate surface area is 131 Å². The van der Waals surface area contributed by atoms with Crippen molar-refractivity contribution in [1.82, 2.24) is 4.90 Å². The van der Waals surface area contributed by atoms with Crippen molar-refractivity contribution in [2.24, 2.45) is 0 Å². The second-order valence-electron chi connectivity index (χ2n) is 6.29. The van der Waals surface area contributed by atoms with Crippen molar-refractivity contribution >= 4 is 11.7 Å². The van der Waals surface area contributed by atoms with Crippen LogP contribution in [0.3, 0.4) is 0 Å². The molecule has 0 atom stereocenters. The topological polar surface area (TPSA) is 59.0 Å². The molecule has 0 bridgehead atoms. The molecule has 1 aliphatic rings.